The number of rotatable bonds is 14. The fourth-order valence-electron chi connectivity index (χ4n) is 2.48. The van der Waals surface area contributed by atoms with Gasteiger partial charge in [-0.2, -0.15) is 8.42 Å². The average molecular weight is 397 g/mol. The van der Waals surface area contributed by atoms with Crippen molar-refractivity contribution < 1.29 is 22.1 Å². The molecule has 0 amide bonds. The molecule has 0 radical (unpaired) electrons. The molecule has 1 rings (SSSR count). The van der Waals surface area contributed by atoms with Crippen molar-refractivity contribution in [2.45, 2.75) is 71.3 Å². The molecule has 1 aromatic rings. The van der Waals surface area contributed by atoms with Crippen LogP contribution in [0.2, 0.25) is 0 Å². The number of unbranched alkanes of at least 4 members (excludes halogenated alkanes) is 5. The van der Waals surface area contributed by atoms with Gasteiger partial charge in [0.1, 0.15) is 5.75 Å². The summed E-state index contributed by atoms with van der Waals surface area (Å²) >= 11 is 0. The SMILES string of the molecule is CCCCCCCCc1ccc(OS(=O)(=O)C(OCC)OCC)cc1.[NaH]. The van der Waals surface area contributed by atoms with E-state index in [1.54, 1.807) is 26.0 Å². The van der Waals surface area contributed by atoms with Gasteiger partial charge in [0.05, 0.1) is 0 Å². The predicted molar refractivity (Wildman–Crippen MR) is 107 cm³/mol. The summed E-state index contributed by atoms with van der Waals surface area (Å²) in [5, 5.41) is 0. The van der Waals surface area contributed by atoms with Crippen molar-refractivity contribution in [2.24, 2.45) is 0 Å². The Bertz CT molecular complexity index is 554. The molecule has 1 aromatic carbocycles. The summed E-state index contributed by atoms with van der Waals surface area (Å²) < 4.78 is 39.7. The summed E-state index contributed by atoms with van der Waals surface area (Å²) in [6.07, 6.45) is 8.55. The zero-order valence-corrected chi connectivity index (χ0v) is 16.5. The molecule has 26 heavy (non-hydrogen) atoms. The number of benzene rings is 1. The second-order valence-electron chi connectivity index (χ2n) is 5.94. The summed E-state index contributed by atoms with van der Waals surface area (Å²) in [5.74, 6) is 0.274. The van der Waals surface area contributed by atoms with E-state index in [2.05, 4.69) is 6.92 Å². The van der Waals surface area contributed by atoms with E-state index >= 15 is 0 Å². The molecule has 0 unspecified atom stereocenters. The maximum atomic E-state index is 12.2. The van der Waals surface area contributed by atoms with Crippen LogP contribution < -0.4 is 4.18 Å². The molecular formula is C19H33NaO5S. The molecule has 0 fully saturated rings. The Morgan fingerprint density at radius 2 is 1.38 bits per heavy atom. The Balaban J connectivity index is 0.00000625. The minimum absolute atomic E-state index is 0. The normalized spacial score (nSPS) is 11.4. The van der Waals surface area contributed by atoms with Gasteiger partial charge in [-0.3, -0.25) is 0 Å². The Labute approximate surface area is 181 Å². The van der Waals surface area contributed by atoms with Gasteiger partial charge >= 0.3 is 45.3 Å². The molecule has 0 aliphatic rings. The van der Waals surface area contributed by atoms with Crippen molar-refractivity contribution in [3.63, 3.8) is 0 Å². The summed E-state index contributed by atoms with van der Waals surface area (Å²) in [7, 11) is -3.99. The number of hydrogen-bond acceptors (Lipinski definition) is 5. The molecule has 0 saturated carbocycles. The van der Waals surface area contributed by atoms with Crippen LogP contribution in [0.25, 0.3) is 0 Å². The third kappa shape index (κ3) is 10.3. The van der Waals surface area contributed by atoms with Crippen molar-refractivity contribution in [1.29, 1.82) is 0 Å². The molecule has 7 heteroatoms. The van der Waals surface area contributed by atoms with E-state index in [1.165, 1.54) is 37.7 Å². The first-order chi connectivity index (χ1) is 12.0. The molecule has 0 aromatic heterocycles. The molecular weight excluding hydrogens is 363 g/mol. The van der Waals surface area contributed by atoms with Gasteiger partial charge in [-0.1, -0.05) is 51.2 Å². The van der Waals surface area contributed by atoms with Crippen LogP contribution in [0.3, 0.4) is 0 Å². The molecule has 0 heterocycles. The van der Waals surface area contributed by atoms with Crippen LogP contribution >= 0.6 is 0 Å². The van der Waals surface area contributed by atoms with E-state index in [0.29, 0.717) is 0 Å². The quantitative estimate of drug-likeness (QED) is 0.206. The fraction of sp³-hybridized carbons (Fsp3) is 0.684. The van der Waals surface area contributed by atoms with Crippen molar-refractivity contribution >= 4 is 39.7 Å². The van der Waals surface area contributed by atoms with E-state index in [1.807, 2.05) is 12.1 Å². The topological polar surface area (TPSA) is 61.8 Å². The fourth-order valence-corrected chi connectivity index (χ4v) is 3.54. The Hall–Kier alpha value is -0.110. The third-order valence-corrected chi connectivity index (χ3v) is 4.96. The van der Waals surface area contributed by atoms with E-state index in [9.17, 15) is 8.42 Å². The molecule has 0 bridgehead atoms. The molecule has 0 atom stereocenters. The maximum absolute atomic E-state index is 12.2. The Morgan fingerprint density at radius 1 is 0.846 bits per heavy atom. The van der Waals surface area contributed by atoms with Crippen molar-refractivity contribution in [2.75, 3.05) is 13.2 Å². The molecule has 0 saturated heterocycles. The molecule has 5 nitrogen and oxygen atoms in total. The third-order valence-electron chi connectivity index (χ3n) is 3.80. The summed E-state index contributed by atoms with van der Waals surface area (Å²) in [6, 6.07) is 7.18. The first-order valence-electron chi connectivity index (χ1n) is 9.28. The van der Waals surface area contributed by atoms with Gasteiger partial charge in [0.25, 0.3) is 0 Å². The number of hydrogen-bond donors (Lipinski definition) is 0. The molecule has 0 N–H and O–H groups in total. The van der Waals surface area contributed by atoms with Crippen LogP contribution in [-0.4, -0.2) is 56.8 Å². The van der Waals surface area contributed by atoms with Gasteiger partial charge in [0, 0.05) is 13.2 Å². The first kappa shape index (κ1) is 25.9. The summed E-state index contributed by atoms with van der Waals surface area (Å²) in [6.45, 7) is 6.08. The van der Waals surface area contributed by atoms with Crippen molar-refractivity contribution in [3.05, 3.63) is 29.8 Å². The van der Waals surface area contributed by atoms with E-state index in [4.69, 9.17) is 13.7 Å². The van der Waals surface area contributed by atoms with Crippen molar-refractivity contribution in [3.8, 4) is 5.75 Å². The van der Waals surface area contributed by atoms with Crippen LogP contribution in [0.5, 0.6) is 5.75 Å². The summed E-state index contributed by atoms with van der Waals surface area (Å²) in [4.78, 5) is 0. The summed E-state index contributed by atoms with van der Waals surface area (Å²) in [5.41, 5.74) is -0.211. The second kappa shape index (κ2) is 14.9. The van der Waals surface area contributed by atoms with Gasteiger partial charge in [0.2, 0.25) is 0 Å². The van der Waals surface area contributed by atoms with Crippen LogP contribution in [-0.2, 0) is 26.0 Å². The Kier molecular flexibility index (Phi) is 14.8. The van der Waals surface area contributed by atoms with E-state index in [-0.39, 0.29) is 48.5 Å². The molecule has 146 valence electrons. The first-order valence-corrected chi connectivity index (χ1v) is 10.8. The predicted octanol–water partition coefficient (Wildman–Crippen LogP) is 4.01. The Morgan fingerprint density at radius 3 is 1.92 bits per heavy atom. The minimum atomic E-state index is -3.99. The van der Waals surface area contributed by atoms with Gasteiger partial charge in [-0.15, -0.1) is 0 Å². The van der Waals surface area contributed by atoms with Crippen LogP contribution in [0.4, 0.5) is 0 Å². The van der Waals surface area contributed by atoms with Crippen molar-refractivity contribution in [1.82, 2.24) is 0 Å². The molecule has 0 aliphatic heterocycles. The zero-order chi connectivity index (χ0) is 18.5. The monoisotopic (exact) mass is 396 g/mol. The van der Waals surface area contributed by atoms with Crippen LogP contribution in [0.1, 0.15) is 64.9 Å². The number of ether oxygens (including phenoxy) is 2. The second-order valence-corrected chi connectivity index (χ2v) is 7.47. The standard InChI is InChI=1S/C19H32O5S.Na.H/c1-4-7-8-9-10-11-12-17-13-15-18(16-14-17)24-25(20,21)19(22-5-2)23-6-3;;/h13-16,19H,4-12H2,1-3H3;;. The van der Waals surface area contributed by atoms with E-state index in [0.717, 1.165) is 12.8 Å². The molecule has 0 aliphatic carbocycles. The van der Waals surface area contributed by atoms with Gasteiger partial charge in [0.15, 0.2) is 0 Å². The molecule has 0 spiro atoms. The van der Waals surface area contributed by atoms with Crippen LogP contribution in [0.15, 0.2) is 24.3 Å². The van der Waals surface area contributed by atoms with Gasteiger partial charge in [-0.05, 0) is 44.4 Å². The number of aryl methyl sites for hydroxylation is 1. The zero-order valence-electron chi connectivity index (χ0n) is 15.7. The van der Waals surface area contributed by atoms with Gasteiger partial charge < -0.3 is 13.7 Å². The van der Waals surface area contributed by atoms with Gasteiger partial charge in [-0.25, -0.2) is 0 Å². The van der Waals surface area contributed by atoms with Crippen LogP contribution in [0, 0.1) is 0 Å². The average Bonchev–Trinajstić information content (AvgIpc) is 2.59. The van der Waals surface area contributed by atoms with E-state index < -0.39 is 15.7 Å².